The van der Waals surface area contributed by atoms with Crippen molar-refractivity contribution in [2.24, 2.45) is 0 Å². The predicted molar refractivity (Wildman–Crippen MR) is 132 cm³/mol. The third-order valence-electron chi connectivity index (χ3n) is 5.72. The normalized spacial score (nSPS) is 10.8. The summed E-state index contributed by atoms with van der Waals surface area (Å²) >= 11 is 0. The van der Waals surface area contributed by atoms with Gasteiger partial charge in [0.05, 0.1) is 25.3 Å². The Morgan fingerprint density at radius 1 is 0.625 bits per heavy atom. The molecule has 0 aliphatic carbocycles. The molecule has 5 rings (SSSR count). The van der Waals surface area contributed by atoms with Crippen LogP contribution in [0.15, 0.2) is 103 Å². The van der Waals surface area contributed by atoms with Crippen molar-refractivity contribution in [1.82, 2.24) is 4.68 Å². The molecule has 0 fully saturated rings. The Balaban J connectivity index is 1.63. The number of nitrogens with one attached hydrogen (secondary N) is 1. The van der Waals surface area contributed by atoms with Crippen LogP contribution in [0.2, 0.25) is 0 Å². The minimum absolute atomic E-state index is 0.832. The zero-order valence-corrected chi connectivity index (χ0v) is 18.1. The fourth-order valence-corrected chi connectivity index (χ4v) is 4.07. The van der Waals surface area contributed by atoms with Gasteiger partial charge in [-0.25, -0.2) is 0 Å². The molecule has 4 aromatic carbocycles. The number of fused-ring (bicyclic) bond motifs is 3. The molecule has 5 aromatic rings. The van der Waals surface area contributed by atoms with E-state index < -0.39 is 0 Å². The fourth-order valence-electron chi connectivity index (χ4n) is 4.07. The number of methoxy groups -OCH3 is 2. The van der Waals surface area contributed by atoms with Gasteiger partial charge in [-0.2, -0.15) is 0 Å². The van der Waals surface area contributed by atoms with E-state index in [1.807, 2.05) is 24.3 Å². The summed E-state index contributed by atoms with van der Waals surface area (Å²) in [5.74, 6) is 1.66. The second kappa shape index (κ2) is 8.52. The number of para-hydroxylation sites is 2. The zero-order chi connectivity index (χ0) is 21.9. The standard InChI is InChI=1S/C28H24N2O2/c1-31-22-15-11-20(12-16-22)26(21-13-17-23(32-2)18-14-21)19-29-30-27-9-5-3-7-24(27)25-8-4-6-10-28(25)30/h3-19,29H,1-2H3. The van der Waals surface area contributed by atoms with Gasteiger partial charge in [0.1, 0.15) is 11.5 Å². The van der Waals surface area contributed by atoms with Crippen molar-refractivity contribution in [3.05, 3.63) is 114 Å². The van der Waals surface area contributed by atoms with Crippen LogP contribution in [0.3, 0.4) is 0 Å². The zero-order valence-electron chi connectivity index (χ0n) is 18.1. The molecular formula is C28H24N2O2. The van der Waals surface area contributed by atoms with Gasteiger partial charge in [0.2, 0.25) is 0 Å². The molecule has 0 radical (unpaired) electrons. The number of nitrogens with zero attached hydrogens (tertiary/aromatic N) is 1. The van der Waals surface area contributed by atoms with E-state index in [0.717, 1.165) is 39.2 Å². The highest BCUT2D eigenvalue weighted by Gasteiger charge is 2.10. The van der Waals surface area contributed by atoms with Crippen LogP contribution in [-0.4, -0.2) is 18.9 Å². The Bertz CT molecular complexity index is 1290. The first-order chi connectivity index (χ1) is 15.8. The largest absolute Gasteiger partial charge is 0.497 e. The van der Waals surface area contributed by atoms with E-state index in [0.29, 0.717) is 0 Å². The highest BCUT2D eigenvalue weighted by atomic mass is 16.5. The van der Waals surface area contributed by atoms with Crippen molar-refractivity contribution in [2.75, 3.05) is 19.6 Å². The van der Waals surface area contributed by atoms with Gasteiger partial charge >= 0.3 is 0 Å². The minimum atomic E-state index is 0.832. The third kappa shape index (κ3) is 3.56. The Morgan fingerprint density at radius 2 is 1.06 bits per heavy atom. The lowest BCUT2D eigenvalue weighted by molar-refractivity contribution is 0.414. The number of hydrogen-bond donors (Lipinski definition) is 1. The second-order valence-electron chi connectivity index (χ2n) is 7.51. The van der Waals surface area contributed by atoms with Crippen molar-refractivity contribution >= 4 is 27.4 Å². The van der Waals surface area contributed by atoms with Crippen LogP contribution < -0.4 is 14.9 Å². The van der Waals surface area contributed by atoms with Crippen molar-refractivity contribution < 1.29 is 9.47 Å². The van der Waals surface area contributed by atoms with Crippen molar-refractivity contribution in [3.63, 3.8) is 0 Å². The maximum atomic E-state index is 5.34. The average molecular weight is 421 g/mol. The molecule has 0 bridgehead atoms. The number of benzene rings is 4. The van der Waals surface area contributed by atoms with E-state index in [2.05, 4.69) is 89.1 Å². The SMILES string of the molecule is COc1ccc(C(=CNn2c3ccccc3c3ccccc32)c2ccc(OC)cc2)cc1. The Labute approximate surface area is 187 Å². The summed E-state index contributed by atoms with van der Waals surface area (Å²) in [6.07, 6.45) is 2.06. The summed E-state index contributed by atoms with van der Waals surface area (Å²) in [7, 11) is 3.36. The molecule has 4 nitrogen and oxygen atoms in total. The molecule has 1 heterocycles. The quantitative estimate of drug-likeness (QED) is 0.343. The van der Waals surface area contributed by atoms with Gasteiger partial charge in [0.15, 0.2) is 0 Å². The molecule has 4 heteroatoms. The minimum Gasteiger partial charge on any atom is -0.497 e. The molecule has 1 aromatic heterocycles. The first-order valence-corrected chi connectivity index (χ1v) is 10.5. The lowest BCUT2D eigenvalue weighted by Crippen LogP contribution is -2.08. The first kappa shape index (κ1) is 19.8. The number of ether oxygens (including phenoxy) is 2. The topological polar surface area (TPSA) is 35.4 Å². The molecule has 0 saturated carbocycles. The van der Waals surface area contributed by atoms with E-state index in [-0.39, 0.29) is 0 Å². The van der Waals surface area contributed by atoms with Crippen LogP contribution in [0, 0.1) is 0 Å². The lowest BCUT2D eigenvalue weighted by atomic mass is 9.99. The molecule has 158 valence electrons. The smallest absolute Gasteiger partial charge is 0.118 e. The van der Waals surface area contributed by atoms with Crippen molar-refractivity contribution in [1.29, 1.82) is 0 Å². The summed E-state index contributed by atoms with van der Waals surface area (Å²) in [6, 6.07) is 33.1. The maximum Gasteiger partial charge on any atom is 0.118 e. The van der Waals surface area contributed by atoms with E-state index in [4.69, 9.17) is 9.47 Å². The van der Waals surface area contributed by atoms with E-state index in [1.165, 1.54) is 10.8 Å². The van der Waals surface area contributed by atoms with Crippen molar-refractivity contribution in [2.45, 2.75) is 0 Å². The maximum absolute atomic E-state index is 5.34. The van der Waals surface area contributed by atoms with Gasteiger partial charge in [-0.3, -0.25) is 4.68 Å². The molecular weight excluding hydrogens is 396 g/mol. The lowest BCUT2D eigenvalue weighted by Gasteiger charge is -2.13. The van der Waals surface area contributed by atoms with E-state index in [9.17, 15) is 0 Å². The fraction of sp³-hybridized carbons (Fsp3) is 0.0714. The molecule has 1 N–H and O–H groups in total. The van der Waals surface area contributed by atoms with Gasteiger partial charge in [-0.15, -0.1) is 0 Å². The molecule has 0 aliphatic heterocycles. The molecule has 0 spiro atoms. The Morgan fingerprint density at radius 3 is 1.50 bits per heavy atom. The molecule has 0 saturated heterocycles. The Kier molecular flexibility index (Phi) is 5.26. The second-order valence-corrected chi connectivity index (χ2v) is 7.51. The molecule has 0 atom stereocenters. The van der Waals surface area contributed by atoms with Gasteiger partial charge < -0.3 is 14.9 Å². The van der Waals surface area contributed by atoms with Gasteiger partial charge in [0, 0.05) is 22.5 Å². The highest BCUT2D eigenvalue weighted by molar-refractivity contribution is 6.08. The average Bonchev–Trinajstić information content (AvgIpc) is 3.19. The van der Waals surface area contributed by atoms with Gasteiger partial charge in [-0.05, 0) is 47.5 Å². The van der Waals surface area contributed by atoms with Gasteiger partial charge in [0.25, 0.3) is 0 Å². The first-order valence-electron chi connectivity index (χ1n) is 10.5. The summed E-state index contributed by atoms with van der Waals surface area (Å²) < 4.78 is 12.8. The molecule has 0 aliphatic rings. The van der Waals surface area contributed by atoms with Crippen LogP contribution in [0.5, 0.6) is 11.5 Å². The summed E-state index contributed by atoms with van der Waals surface area (Å²) in [6.45, 7) is 0. The van der Waals surface area contributed by atoms with E-state index in [1.54, 1.807) is 14.2 Å². The van der Waals surface area contributed by atoms with Crippen LogP contribution in [-0.2, 0) is 0 Å². The third-order valence-corrected chi connectivity index (χ3v) is 5.72. The summed E-state index contributed by atoms with van der Waals surface area (Å²) in [5.41, 5.74) is 9.06. The number of rotatable bonds is 6. The monoisotopic (exact) mass is 420 g/mol. The number of aromatic nitrogens is 1. The molecule has 32 heavy (non-hydrogen) atoms. The van der Waals surface area contributed by atoms with Crippen LogP contribution >= 0.6 is 0 Å². The predicted octanol–water partition coefficient (Wildman–Crippen LogP) is 6.44. The van der Waals surface area contributed by atoms with E-state index >= 15 is 0 Å². The molecule has 0 amide bonds. The summed E-state index contributed by atoms with van der Waals surface area (Å²) in [5, 5.41) is 2.44. The van der Waals surface area contributed by atoms with Crippen molar-refractivity contribution in [3.8, 4) is 11.5 Å². The van der Waals surface area contributed by atoms with Crippen LogP contribution in [0.25, 0.3) is 27.4 Å². The summed E-state index contributed by atoms with van der Waals surface area (Å²) in [4.78, 5) is 0. The van der Waals surface area contributed by atoms with Crippen LogP contribution in [0.1, 0.15) is 11.1 Å². The van der Waals surface area contributed by atoms with Crippen LogP contribution in [0.4, 0.5) is 0 Å². The molecule has 0 unspecified atom stereocenters. The van der Waals surface area contributed by atoms with Gasteiger partial charge in [-0.1, -0.05) is 60.7 Å². The Hall–Kier alpha value is -4.18. The highest BCUT2D eigenvalue weighted by Crippen LogP contribution is 2.29. The number of hydrogen-bond acceptors (Lipinski definition) is 3.